The number of nitrogens with one attached hydrogen (secondary N) is 2. The Labute approximate surface area is 141 Å². The first-order chi connectivity index (χ1) is 11.1. The van der Waals surface area contributed by atoms with E-state index in [1.54, 1.807) is 0 Å². The SMILES string of the molecule is CC(C)(NC(=O)c1cccc(S(=O)(=O)NC2CCCC2)c1)C(=O)O. The van der Waals surface area contributed by atoms with Gasteiger partial charge < -0.3 is 10.4 Å². The molecule has 0 saturated heterocycles. The molecule has 0 aliphatic heterocycles. The van der Waals surface area contributed by atoms with Crippen molar-refractivity contribution in [2.24, 2.45) is 0 Å². The van der Waals surface area contributed by atoms with Crippen molar-refractivity contribution in [1.29, 1.82) is 0 Å². The van der Waals surface area contributed by atoms with Gasteiger partial charge in [0.15, 0.2) is 0 Å². The molecular weight excluding hydrogens is 332 g/mol. The molecule has 0 bridgehead atoms. The summed E-state index contributed by atoms with van der Waals surface area (Å²) in [7, 11) is -3.71. The summed E-state index contributed by atoms with van der Waals surface area (Å²) in [6, 6.07) is 5.51. The van der Waals surface area contributed by atoms with Gasteiger partial charge in [0.2, 0.25) is 10.0 Å². The molecule has 0 heterocycles. The van der Waals surface area contributed by atoms with Crippen molar-refractivity contribution in [3.63, 3.8) is 0 Å². The highest BCUT2D eigenvalue weighted by atomic mass is 32.2. The van der Waals surface area contributed by atoms with E-state index in [1.165, 1.54) is 38.1 Å². The van der Waals surface area contributed by atoms with E-state index >= 15 is 0 Å². The van der Waals surface area contributed by atoms with Gasteiger partial charge in [-0.3, -0.25) is 4.79 Å². The largest absolute Gasteiger partial charge is 0.480 e. The van der Waals surface area contributed by atoms with Crippen LogP contribution in [0.2, 0.25) is 0 Å². The summed E-state index contributed by atoms with van der Waals surface area (Å²) >= 11 is 0. The Bertz CT molecular complexity index is 737. The number of carbonyl (C=O) groups excluding carboxylic acids is 1. The van der Waals surface area contributed by atoms with Crippen LogP contribution in [0.25, 0.3) is 0 Å². The second kappa shape index (κ2) is 6.90. The number of hydrogen-bond donors (Lipinski definition) is 3. The third-order valence-electron chi connectivity index (χ3n) is 4.04. The quantitative estimate of drug-likeness (QED) is 0.716. The Morgan fingerprint density at radius 3 is 2.42 bits per heavy atom. The molecule has 1 amide bonds. The van der Waals surface area contributed by atoms with E-state index in [9.17, 15) is 18.0 Å². The molecule has 1 fully saturated rings. The van der Waals surface area contributed by atoms with Crippen molar-refractivity contribution in [3.8, 4) is 0 Å². The summed E-state index contributed by atoms with van der Waals surface area (Å²) in [4.78, 5) is 23.3. The molecule has 1 aliphatic carbocycles. The van der Waals surface area contributed by atoms with E-state index in [0.717, 1.165) is 25.7 Å². The number of carboxylic acid groups (broad SMARTS) is 1. The summed E-state index contributed by atoms with van der Waals surface area (Å²) in [6.45, 7) is 2.71. The predicted octanol–water partition coefficient (Wildman–Crippen LogP) is 1.50. The van der Waals surface area contributed by atoms with Gasteiger partial charge in [0.1, 0.15) is 5.54 Å². The monoisotopic (exact) mass is 354 g/mol. The summed E-state index contributed by atoms with van der Waals surface area (Å²) in [5.41, 5.74) is -1.35. The van der Waals surface area contributed by atoms with Gasteiger partial charge >= 0.3 is 5.97 Å². The zero-order valence-electron chi connectivity index (χ0n) is 13.7. The van der Waals surface area contributed by atoms with Crippen molar-refractivity contribution >= 4 is 21.9 Å². The molecule has 2 rings (SSSR count). The fourth-order valence-electron chi connectivity index (χ4n) is 2.55. The number of benzene rings is 1. The lowest BCUT2D eigenvalue weighted by molar-refractivity contribution is -0.143. The molecule has 1 aliphatic rings. The van der Waals surface area contributed by atoms with Gasteiger partial charge in [-0.1, -0.05) is 18.9 Å². The molecule has 132 valence electrons. The second-order valence-corrected chi connectivity index (χ2v) is 8.23. The highest BCUT2D eigenvalue weighted by Crippen LogP contribution is 2.21. The van der Waals surface area contributed by atoms with Crippen LogP contribution in [-0.2, 0) is 14.8 Å². The normalized spacial score (nSPS) is 16.1. The third-order valence-corrected chi connectivity index (χ3v) is 5.56. The molecule has 24 heavy (non-hydrogen) atoms. The Kier molecular flexibility index (Phi) is 5.29. The van der Waals surface area contributed by atoms with Crippen molar-refractivity contribution < 1.29 is 23.1 Å². The van der Waals surface area contributed by atoms with E-state index < -0.39 is 27.4 Å². The van der Waals surface area contributed by atoms with E-state index in [1.807, 2.05) is 0 Å². The molecule has 1 aromatic carbocycles. The maximum atomic E-state index is 12.4. The average Bonchev–Trinajstić information content (AvgIpc) is 2.99. The minimum absolute atomic E-state index is 0.00446. The van der Waals surface area contributed by atoms with E-state index in [-0.39, 0.29) is 16.5 Å². The van der Waals surface area contributed by atoms with Gasteiger partial charge in [0.05, 0.1) is 4.90 Å². The molecular formula is C16H22N2O5S. The molecule has 0 atom stereocenters. The van der Waals surface area contributed by atoms with Crippen LogP contribution in [0.15, 0.2) is 29.2 Å². The first kappa shape index (κ1) is 18.4. The van der Waals surface area contributed by atoms with Crippen molar-refractivity contribution in [2.45, 2.75) is 56.0 Å². The molecule has 1 saturated carbocycles. The van der Waals surface area contributed by atoms with Crippen molar-refractivity contribution in [2.75, 3.05) is 0 Å². The number of sulfonamides is 1. The molecule has 3 N–H and O–H groups in total. The molecule has 7 nitrogen and oxygen atoms in total. The summed E-state index contributed by atoms with van der Waals surface area (Å²) in [6.07, 6.45) is 3.62. The van der Waals surface area contributed by atoms with E-state index in [4.69, 9.17) is 5.11 Å². The highest BCUT2D eigenvalue weighted by Gasteiger charge is 2.30. The van der Waals surface area contributed by atoms with Gasteiger partial charge in [-0.15, -0.1) is 0 Å². The van der Waals surface area contributed by atoms with Crippen molar-refractivity contribution in [1.82, 2.24) is 10.0 Å². The Hall–Kier alpha value is -1.93. The van der Waals surface area contributed by atoms with Crippen LogP contribution in [0.3, 0.4) is 0 Å². The third kappa shape index (κ3) is 4.33. The molecule has 0 unspecified atom stereocenters. The van der Waals surface area contributed by atoms with Gasteiger partial charge in [-0.2, -0.15) is 0 Å². The molecule has 0 radical (unpaired) electrons. The van der Waals surface area contributed by atoms with E-state index in [2.05, 4.69) is 10.0 Å². The smallest absolute Gasteiger partial charge is 0.328 e. The number of rotatable bonds is 6. The number of carbonyl (C=O) groups is 2. The van der Waals surface area contributed by atoms with Gasteiger partial charge in [0.25, 0.3) is 5.91 Å². The molecule has 1 aromatic rings. The summed E-state index contributed by atoms with van der Waals surface area (Å²) in [5, 5.41) is 11.4. The van der Waals surface area contributed by atoms with Gasteiger partial charge in [-0.05, 0) is 44.9 Å². The first-order valence-corrected chi connectivity index (χ1v) is 9.28. The van der Waals surface area contributed by atoms with Crippen molar-refractivity contribution in [3.05, 3.63) is 29.8 Å². The number of carboxylic acids is 1. The average molecular weight is 354 g/mol. The lowest BCUT2D eigenvalue weighted by atomic mass is 10.1. The first-order valence-electron chi connectivity index (χ1n) is 7.80. The zero-order chi connectivity index (χ0) is 18.0. The lowest BCUT2D eigenvalue weighted by Gasteiger charge is -2.21. The predicted molar refractivity (Wildman–Crippen MR) is 88.2 cm³/mol. The van der Waals surface area contributed by atoms with Crippen LogP contribution in [0, 0.1) is 0 Å². The summed E-state index contributed by atoms with van der Waals surface area (Å²) in [5.74, 6) is -1.82. The lowest BCUT2D eigenvalue weighted by Crippen LogP contribution is -2.49. The Morgan fingerprint density at radius 2 is 1.83 bits per heavy atom. The molecule has 8 heteroatoms. The Morgan fingerprint density at radius 1 is 1.21 bits per heavy atom. The topological polar surface area (TPSA) is 113 Å². The van der Waals surface area contributed by atoms with Gasteiger partial charge in [0, 0.05) is 11.6 Å². The number of aliphatic carboxylic acids is 1. The Balaban J connectivity index is 2.18. The number of hydrogen-bond acceptors (Lipinski definition) is 4. The zero-order valence-corrected chi connectivity index (χ0v) is 14.5. The standard InChI is InChI=1S/C16H22N2O5S/c1-16(2,15(20)21)17-14(19)11-6-5-9-13(10-11)24(22,23)18-12-7-3-4-8-12/h5-6,9-10,12,18H,3-4,7-8H2,1-2H3,(H,17,19)(H,20,21). The fraction of sp³-hybridized carbons (Fsp3) is 0.500. The highest BCUT2D eigenvalue weighted by molar-refractivity contribution is 7.89. The molecule has 0 aromatic heterocycles. The minimum atomic E-state index is -3.71. The van der Waals surface area contributed by atoms with Crippen LogP contribution in [0.4, 0.5) is 0 Å². The van der Waals surface area contributed by atoms with Crippen LogP contribution in [0.1, 0.15) is 49.9 Å². The maximum Gasteiger partial charge on any atom is 0.328 e. The minimum Gasteiger partial charge on any atom is -0.480 e. The van der Waals surface area contributed by atoms with Crippen LogP contribution < -0.4 is 10.0 Å². The van der Waals surface area contributed by atoms with Crippen LogP contribution >= 0.6 is 0 Å². The molecule has 0 spiro atoms. The second-order valence-electron chi connectivity index (χ2n) is 6.51. The van der Waals surface area contributed by atoms with Crippen LogP contribution in [0.5, 0.6) is 0 Å². The fourth-order valence-corrected chi connectivity index (χ4v) is 3.90. The summed E-state index contributed by atoms with van der Waals surface area (Å²) < 4.78 is 27.5. The van der Waals surface area contributed by atoms with Crippen LogP contribution in [-0.4, -0.2) is 37.0 Å². The van der Waals surface area contributed by atoms with E-state index in [0.29, 0.717) is 0 Å². The van der Waals surface area contributed by atoms with Gasteiger partial charge in [-0.25, -0.2) is 17.9 Å². The maximum absolute atomic E-state index is 12.4. The number of amides is 1.